The van der Waals surface area contributed by atoms with Gasteiger partial charge in [0.15, 0.2) is 0 Å². The van der Waals surface area contributed by atoms with Crippen molar-refractivity contribution in [2.24, 2.45) is 5.92 Å². The van der Waals surface area contributed by atoms with Gasteiger partial charge in [-0.25, -0.2) is 13.9 Å². The monoisotopic (exact) mass is 504 g/mol. The second kappa shape index (κ2) is 11.8. The van der Waals surface area contributed by atoms with E-state index in [1.54, 1.807) is 16.8 Å². The number of alkyl carbamates (subject to hydrolysis) is 1. The molecule has 0 unspecified atom stereocenters. The third kappa shape index (κ3) is 6.21. The Labute approximate surface area is 209 Å². The Kier molecular flexibility index (Phi) is 8.56. The van der Waals surface area contributed by atoms with Gasteiger partial charge in [0.25, 0.3) is 5.91 Å². The van der Waals surface area contributed by atoms with Gasteiger partial charge in [-0.1, -0.05) is 0 Å². The molecular formula is C26H34F2N4O4. The molecule has 196 valence electrons. The maximum atomic E-state index is 13.5. The van der Waals surface area contributed by atoms with E-state index in [4.69, 9.17) is 9.84 Å². The van der Waals surface area contributed by atoms with Crippen LogP contribution < -0.4 is 5.32 Å². The SMILES string of the molecule is COC(=O)NCCCc1cc([C@@H](C)N(C(=O)[C@H]2CC[C@@H](CF)CO2)C2CC2)nn1-c1ccc(F)cc1. The van der Waals surface area contributed by atoms with Crippen molar-refractivity contribution in [1.29, 1.82) is 0 Å². The van der Waals surface area contributed by atoms with Gasteiger partial charge in [-0.3, -0.25) is 9.18 Å². The smallest absolute Gasteiger partial charge is 0.406 e. The minimum atomic E-state index is -0.557. The fourth-order valence-corrected chi connectivity index (χ4v) is 4.63. The minimum Gasteiger partial charge on any atom is -0.453 e. The number of alkyl halides is 1. The van der Waals surface area contributed by atoms with Crippen molar-refractivity contribution in [1.82, 2.24) is 20.0 Å². The summed E-state index contributed by atoms with van der Waals surface area (Å²) in [5.41, 5.74) is 2.33. The molecule has 0 radical (unpaired) electrons. The van der Waals surface area contributed by atoms with E-state index in [-0.39, 0.29) is 36.3 Å². The molecule has 8 nitrogen and oxygen atoms in total. The zero-order valence-corrected chi connectivity index (χ0v) is 20.8. The van der Waals surface area contributed by atoms with Crippen molar-refractivity contribution >= 4 is 12.0 Å². The highest BCUT2D eigenvalue weighted by molar-refractivity contribution is 5.82. The summed E-state index contributed by atoms with van der Waals surface area (Å²) in [6.07, 6.45) is 3.23. The van der Waals surface area contributed by atoms with Crippen LogP contribution in [0.5, 0.6) is 0 Å². The number of nitrogens with zero attached hydrogens (tertiary/aromatic N) is 3. The number of hydrogen-bond donors (Lipinski definition) is 1. The molecule has 2 amide bonds. The van der Waals surface area contributed by atoms with E-state index >= 15 is 0 Å². The fraction of sp³-hybridized carbons (Fsp3) is 0.577. The number of rotatable bonds is 10. The molecule has 4 rings (SSSR count). The van der Waals surface area contributed by atoms with Crippen LogP contribution in [0.4, 0.5) is 13.6 Å². The maximum absolute atomic E-state index is 13.5. The molecule has 36 heavy (non-hydrogen) atoms. The highest BCUT2D eigenvalue weighted by atomic mass is 19.1. The lowest BCUT2D eigenvalue weighted by Gasteiger charge is -2.34. The molecule has 2 fully saturated rings. The van der Waals surface area contributed by atoms with Gasteiger partial charge in [0, 0.05) is 24.2 Å². The predicted molar refractivity (Wildman–Crippen MR) is 129 cm³/mol. The van der Waals surface area contributed by atoms with Gasteiger partial charge in [-0.2, -0.15) is 5.10 Å². The first-order valence-corrected chi connectivity index (χ1v) is 12.6. The number of carbonyl (C=O) groups excluding carboxylic acids is 2. The number of carbonyl (C=O) groups is 2. The van der Waals surface area contributed by atoms with Crippen molar-refractivity contribution in [2.75, 3.05) is 26.9 Å². The van der Waals surface area contributed by atoms with Gasteiger partial charge < -0.3 is 19.7 Å². The summed E-state index contributed by atoms with van der Waals surface area (Å²) in [6, 6.07) is 7.90. The van der Waals surface area contributed by atoms with E-state index in [1.807, 2.05) is 17.9 Å². The van der Waals surface area contributed by atoms with Crippen LogP contribution in [-0.2, 0) is 20.7 Å². The lowest BCUT2D eigenvalue weighted by atomic mass is 9.98. The standard InChI is InChI=1S/C26H34F2N4O4/c1-17(31(20-10-11-20)25(33)24-12-5-18(15-27)16-36-24)23-14-22(4-3-13-29-26(34)35-2)32(30-23)21-8-6-19(28)7-9-21/h6-9,14,17-18,20,24H,3-5,10-13,15-16H2,1-2H3,(H,29,34)/t17-,18+,24-/m1/s1. The Hall–Kier alpha value is -3.01. The molecule has 3 atom stereocenters. The van der Waals surface area contributed by atoms with Gasteiger partial charge >= 0.3 is 6.09 Å². The number of methoxy groups -OCH3 is 1. The first-order valence-electron chi connectivity index (χ1n) is 12.6. The Morgan fingerprint density at radius 2 is 2.00 bits per heavy atom. The van der Waals surface area contributed by atoms with Crippen LogP contribution in [0.25, 0.3) is 5.69 Å². The van der Waals surface area contributed by atoms with E-state index in [0.29, 0.717) is 37.9 Å². The summed E-state index contributed by atoms with van der Waals surface area (Å²) >= 11 is 0. The molecule has 2 aliphatic rings. The molecular weight excluding hydrogens is 470 g/mol. The summed E-state index contributed by atoms with van der Waals surface area (Å²) in [5.74, 6) is -0.540. The quantitative estimate of drug-likeness (QED) is 0.492. The Morgan fingerprint density at radius 1 is 1.25 bits per heavy atom. The van der Waals surface area contributed by atoms with Crippen molar-refractivity contribution in [2.45, 2.75) is 63.6 Å². The first-order chi connectivity index (χ1) is 17.4. The van der Waals surface area contributed by atoms with E-state index in [1.165, 1.54) is 19.2 Å². The van der Waals surface area contributed by atoms with Crippen LogP contribution in [0, 0.1) is 11.7 Å². The van der Waals surface area contributed by atoms with Crippen LogP contribution >= 0.6 is 0 Å². The van der Waals surface area contributed by atoms with E-state index in [9.17, 15) is 18.4 Å². The lowest BCUT2D eigenvalue weighted by Crippen LogP contribution is -2.45. The average molecular weight is 505 g/mol. The number of ether oxygens (including phenoxy) is 2. The molecule has 0 spiro atoms. The van der Waals surface area contributed by atoms with Crippen LogP contribution in [0.3, 0.4) is 0 Å². The molecule has 1 saturated carbocycles. The first kappa shape index (κ1) is 26.1. The zero-order chi connectivity index (χ0) is 25.7. The molecule has 1 saturated heterocycles. The molecule has 10 heteroatoms. The number of aromatic nitrogens is 2. The number of halogens is 2. The molecule has 0 bridgehead atoms. The van der Waals surface area contributed by atoms with Crippen molar-refractivity contribution in [3.05, 3.63) is 47.5 Å². The number of nitrogens with one attached hydrogen (secondary N) is 1. The van der Waals surface area contributed by atoms with Crippen molar-refractivity contribution in [3.63, 3.8) is 0 Å². The van der Waals surface area contributed by atoms with Gasteiger partial charge in [-0.05, 0) is 75.8 Å². The highest BCUT2D eigenvalue weighted by Crippen LogP contribution is 2.36. The molecule has 1 N–H and O–H groups in total. The van der Waals surface area contributed by atoms with Crippen LogP contribution in [0.2, 0.25) is 0 Å². The lowest BCUT2D eigenvalue weighted by molar-refractivity contribution is -0.152. The van der Waals surface area contributed by atoms with Crippen LogP contribution in [0.1, 0.15) is 56.5 Å². The topological polar surface area (TPSA) is 85.7 Å². The summed E-state index contributed by atoms with van der Waals surface area (Å²) in [5, 5.41) is 7.49. The minimum absolute atomic E-state index is 0.0672. The summed E-state index contributed by atoms with van der Waals surface area (Å²) < 4.78 is 38.7. The average Bonchev–Trinajstić information content (AvgIpc) is 3.64. The molecule has 2 aromatic rings. The molecule has 2 heterocycles. The Bertz CT molecular complexity index is 1030. The summed E-state index contributed by atoms with van der Waals surface area (Å²) in [6.45, 7) is 2.23. The molecule has 1 aliphatic carbocycles. The van der Waals surface area contributed by atoms with E-state index in [0.717, 1.165) is 24.2 Å². The molecule has 1 aromatic heterocycles. The maximum Gasteiger partial charge on any atom is 0.406 e. The molecule has 1 aliphatic heterocycles. The van der Waals surface area contributed by atoms with Crippen molar-refractivity contribution < 1.29 is 27.8 Å². The third-order valence-corrected chi connectivity index (χ3v) is 6.84. The highest BCUT2D eigenvalue weighted by Gasteiger charge is 2.41. The molecule has 1 aromatic carbocycles. The zero-order valence-electron chi connectivity index (χ0n) is 20.8. The number of aryl methyl sites for hydroxylation is 1. The van der Waals surface area contributed by atoms with Gasteiger partial charge in [-0.15, -0.1) is 0 Å². The van der Waals surface area contributed by atoms with Gasteiger partial charge in [0.2, 0.25) is 0 Å². The van der Waals surface area contributed by atoms with E-state index < -0.39 is 18.9 Å². The predicted octanol–water partition coefficient (Wildman–Crippen LogP) is 4.12. The fourth-order valence-electron chi connectivity index (χ4n) is 4.63. The third-order valence-electron chi connectivity index (χ3n) is 6.84. The summed E-state index contributed by atoms with van der Waals surface area (Å²) in [4.78, 5) is 26.7. The van der Waals surface area contributed by atoms with Crippen LogP contribution in [-0.4, -0.2) is 65.8 Å². The Balaban J connectivity index is 1.54. The second-order valence-electron chi connectivity index (χ2n) is 9.54. The summed E-state index contributed by atoms with van der Waals surface area (Å²) in [7, 11) is 1.32. The Morgan fingerprint density at radius 3 is 2.61 bits per heavy atom. The van der Waals surface area contributed by atoms with Gasteiger partial charge in [0.1, 0.15) is 11.9 Å². The number of benzene rings is 1. The van der Waals surface area contributed by atoms with Gasteiger partial charge in [0.05, 0.1) is 37.8 Å². The number of hydrogen-bond acceptors (Lipinski definition) is 5. The van der Waals surface area contributed by atoms with Crippen LogP contribution in [0.15, 0.2) is 30.3 Å². The normalized spacial score (nSPS) is 20.6. The second-order valence-corrected chi connectivity index (χ2v) is 9.54. The number of amides is 2. The largest absolute Gasteiger partial charge is 0.453 e. The van der Waals surface area contributed by atoms with Crippen molar-refractivity contribution in [3.8, 4) is 5.69 Å². The van der Waals surface area contributed by atoms with E-state index in [2.05, 4.69) is 10.1 Å².